The van der Waals surface area contributed by atoms with Gasteiger partial charge >= 0.3 is 6.03 Å². The van der Waals surface area contributed by atoms with Crippen molar-refractivity contribution in [2.75, 3.05) is 18.0 Å². The van der Waals surface area contributed by atoms with Crippen LogP contribution in [0.3, 0.4) is 0 Å². The number of carbonyl (C=O) groups is 1. The molecule has 7 nitrogen and oxygen atoms in total. The van der Waals surface area contributed by atoms with Gasteiger partial charge in [-0.15, -0.1) is 0 Å². The Hall–Kier alpha value is -2.89. The van der Waals surface area contributed by atoms with Gasteiger partial charge < -0.3 is 5.32 Å². The lowest BCUT2D eigenvalue weighted by molar-refractivity contribution is 0.233. The lowest BCUT2D eigenvalue weighted by Crippen LogP contribution is -2.53. The molecule has 0 spiro atoms. The van der Waals surface area contributed by atoms with Crippen LogP contribution in [0.1, 0.15) is 62.5 Å². The third-order valence-electron chi connectivity index (χ3n) is 7.03. The van der Waals surface area contributed by atoms with Crippen molar-refractivity contribution in [3.05, 3.63) is 65.7 Å². The van der Waals surface area contributed by atoms with Gasteiger partial charge in [0.25, 0.3) is 0 Å². The van der Waals surface area contributed by atoms with Gasteiger partial charge in [-0.2, -0.15) is 5.26 Å². The Morgan fingerprint density at radius 2 is 1.66 bits per heavy atom. The van der Waals surface area contributed by atoms with Crippen LogP contribution in [0.15, 0.2) is 54.6 Å². The molecule has 2 aromatic rings. The van der Waals surface area contributed by atoms with Crippen LogP contribution in [0.2, 0.25) is 0 Å². The quantitative estimate of drug-likeness (QED) is 0.584. The molecule has 0 bridgehead atoms. The predicted octanol–water partition coefficient (Wildman–Crippen LogP) is 4.79. The molecule has 0 aromatic heterocycles. The van der Waals surface area contributed by atoms with E-state index in [2.05, 4.69) is 11.4 Å². The molecule has 2 aromatic carbocycles. The lowest BCUT2D eigenvalue weighted by atomic mass is 10.0. The van der Waals surface area contributed by atoms with Gasteiger partial charge in [0.15, 0.2) is 0 Å². The van der Waals surface area contributed by atoms with Crippen LogP contribution in [-0.4, -0.2) is 43.9 Å². The molecular formula is C27H34N4O3S. The molecule has 1 N–H and O–H groups in total. The molecule has 1 heterocycles. The molecule has 0 atom stereocenters. The van der Waals surface area contributed by atoms with Crippen LogP contribution >= 0.6 is 0 Å². The molecule has 186 valence electrons. The van der Waals surface area contributed by atoms with Gasteiger partial charge in [0.1, 0.15) is 0 Å². The summed E-state index contributed by atoms with van der Waals surface area (Å²) in [5.74, 6) is -0.0192. The number of nitrogens with zero attached hydrogens (tertiary/aromatic N) is 3. The predicted molar refractivity (Wildman–Crippen MR) is 137 cm³/mol. The summed E-state index contributed by atoms with van der Waals surface area (Å²) < 4.78 is 27.6. The molecule has 1 saturated carbocycles. The van der Waals surface area contributed by atoms with Crippen molar-refractivity contribution in [2.45, 2.75) is 69.2 Å². The first-order chi connectivity index (χ1) is 17.0. The second kappa shape index (κ2) is 11.7. The highest BCUT2D eigenvalue weighted by Gasteiger charge is 2.34. The molecule has 1 aliphatic carbocycles. The molecule has 4 rings (SSSR count). The topological polar surface area (TPSA) is 93.5 Å². The fourth-order valence-electron chi connectivity index (χ4n) is 5.14. The first-order valence-electron chi connectivity index (χ1n) is 12.6. The molecule has 1 saturated heterocycles. The van der Waals surface area contributed by atoms with Gasteiger partial charge in [-0.05, 0) is 49.4 Å². The zero-order valence-corrected chi connectivity index (χ0v) is 20.9. The number of urea groups is 1. The summed E-state index contributed by atoms with van der Waals surface area (Å²) in [6.07, 6.45) is 7.69. The highest BCUT2D eigenvalue weighted by molar-refractivity contribution is 7.88. The average Bonchev–Trinajstić information content (AvgIpc) is 3.14. The van der Waals surface area contributed by atoms with Gasteiger partial charge in [-0.1, -0.05) is 62.1 Å². The van der Waals surface area contributed by atoms with Crippen molar-refractivity contribution < 1.29 is 13.2 Å². The Balaban J connectivity index is 1.48. The fourth-order valence-corrected chi connectivity index (χ4v) is 6.71. The summed E-state index contributed by atoms with van der Waals surface area (Å²) in [6, 6.07) is 18.3. The van der Waals surface area contributed by atoms with E-state index in [1.807, 2.05) is 36.4 Å². The van der Waals surface area contributed by atoms with Gasteiger partial charge in [0.05, 0.1) is 17.4 Å². The van der Waals surface area contributed by atoms with E-state index in [1.54, 1.807) is 27.4 Å². The van der Waals surface area contributed by atoms with Crippen molar-refractivity contribution >= 4 is 21.7 Å². The Bertz CT molecular complexity index is 1130. The van der Waals surface area contributed by atoms with Gasteiger partial charge in [-0.3, -0.25) is 4.90 Å². The van der Waals surface area contributed by atoms with Crippen molar-refractivity contribution in [3.63, 3.8) is 0 Å². The van der Waals surface area contributed by atoms with Crippen LogP contribution < -0.4 is 10.2 Å². The van der Waals surface area contributed by atoms with Gasteiger partial charge in [0.2, 0.25) is 10.0 Å². The van der Waals surface area contributed by atoms with Crippen LogP contribution in [0.4, 0.5) is 10.5 Å². The standard InChI is InChI=1S/C27H34N4O3S/c28-20-23-11-8-14-26(19-23)31(27(32)29-24-12-6-1-2-7-13-24)25-15-17-30(18-16-25)35(33,34)21-22-9-4-3-5-10-22/h3-5,8-11,14,19,24-25H,1-2,6-7,12-13,15-18,21H2,(H,29,32). The molecule has 35 heavy (non-hydrogen) atoms. The fraction of sp³-hybridized carbons (Fsp3) is 0.481. The lowest BCUT2D eigenvalue weighted by Gasteiger charge is -2.38. The summed E-state index contributed by atoms with van der Waals surface area (Å²) in [4.78, 5) is 15.3. The van der Waals surface area contributed by atoms with Crippen molar-refractivity contribution in [3.8, 4) is 6.07 Å². The minimum atomic E-state index is -3.44. The maximum Gasteiger partial charge on any atom is 0.322 e. The van der Waals surface area contributed by atoms with E-state index in [9.17, 15) is 18.5 Å². The SMILES string of the molecule is N#Cc1cccc(N(C(=O)NC2CCCCCC2)C2CCN(S(=O)(=O)Cc3ccccc3)CC2)c1. The first-order valence-corrected chi connectivity index (χ1v) is 14.2. The van der Waals surface area contributed by atoms with E-state index in [0.717, 1.165) is 31.2 Å². The van der Waals surface area contributed by atoms with E-state index in [-0.39, 0.29) is 23.9 Å². The molecule has 8 heteroatoms. The summed E-state index contributed by atoms with van der Waals surface area (Å²) in [5, 5.41) is 12.6. The van der Waals surface area contributed by atoms with Crippen LogP contribution in [0.5, 0.6) is 0 Å². The van der Waals surface area contributed by atoms with Crippen molar-refractivity contribution in [1.82, 2.24) is 9.62 Å². The summed E-state index contributed by atoms with van der Waals surface area (Å²) in [6.45, 7) is 0.732. The third-order valence-corrected chi connectivity index (χ3v) is 8.88. The van der Waals surface area contributed by atoms with E-state index in [4.69, 9.17) is 0 Å². The molecular weight excluding hydrogens is 460 g/mol. The highest BCUT2D eigenvalue weighted by Crippen LogP contribution is 2.27. The number of benzene rings is 2. The van der Waals surface area contributed by atoms with Crippen LogP contribution in [0, 0.1) is 11.3 Å². The minimum Gasteiger partial charge on any atom is -0.335 e. The van der Waals surface area contributed by atoms with E-state index in [1.165, 1.54) is 12.8 Å². The number of amides is 2. The smallest absolute Gasteiger partial charge is 0.322 e. The number of nitrogens with one attached hydrogen (secondary N) is 1. The first kappa shape index (κ1) is 25.2. The number of rotatable bonds is 6. The summed E-state index contributed by atoms with van der Waals surface area (Å²) in [7, 11) is -3.44. The van der Waals surface area contributed by atoms with Crippen molar-refractivity contribution in [1.29, 1.82) is 5.26 Å². The Labute approximate surface area is 208 Å². The van der Waals surface area contributed by atoms with Crippen molar-refractivity contribution in [2.24, 2.45) is 0 Å². The van der Waals surface area contributed by atoms with E-state index in [0.29, 0.717) is 37.2 Å². The Morgan fingerprint density at radius 1 is 0.971 bits per heavy atom. The summed E-state index contributed by atoms with van der Waals surface area (Å²) >= 11 is 0. The maximum atomic E-state index is 13.5. The zero-order chi connectivity index (χ0) is 24.7. The monoisotopic (exact) mass is 494 g/mol. The Morgan fingerprint density at radius 3 is 2.31 bits per heavy atom. The van der Waals surface area contributed by atoms with Crippen LogP contribution in [-0.2, 0) is 15.8 Å². The second-order valence-corrected chi connectivity index (χ2v) is 11.5. The molecule has 0 unspecified atom stereocenters. The molecule has 2 amide bonds. The number of hydrogen-bond donors (Lipinski definition) is 1. The number of hydrogen-bond acceptors (Lipinski definition) is 4. The number of piperidine rings is 1. The second-order valence-electron chi connectivity index (χ2n) is 9.54. The Kier molecular flexibility index (Phi) is 8.42. The summed E-state index contributed by atoms with van der Waals surface area (Å²) in [5.41, 5.74) is 1.95. The number of sulfonamides is 1. The van der Waals surface area contributed by atoms with E-state index >= 15 is 0 Å². The molecule has 2 fully saturated rings. The molecule has 2 aliphatic rings. The van der Waals surface area contributed by atoms with Gasteiger partial charge in [-0.25, -0.2) is 17.5 Å². The average molecular weight is 495 g/mol. The van der Waals surface area contributed by atoms with Gasteiger partial charge in [0, 0.05) is 30.9 Å². The number of carbonyl (C=O) groups excluding carboxylic acids is 1. The zero-order valence-electron chi connectivity index (χ0n) is 20.1. The maximum absolute atomic E-state index is 13.5. The highest BCUT2D eigenvalue weighted by atomic mass is 32.2. The number of anilines is 1. The normalized spacial score (nSPS) is 18.4. The largest absolute Gasteiger partial charge is 0.335 e. The number of nitriles is 1. The van der Waals surface area contributed by atoms with E-state index < -0.39 is 10.0 Å². The third kappa shape index (κ3) is 6.62. The van der Waals surface area contributed by atoms with Crippen LogP contribution in [0.25, 0.3) is 0 Å². The molecule has 0 radical (unpaired) electrons. The molecule has 1 aliphatic heterocycles. The minimum absolute atomic E-state index is 0.0192.